The first-order chi connectivity index (χ1) is 8.11. The minimum absolute atomic E-state index is 0.116. The number of halogens is 1. The maximum absolute atomic E-state index is 11.5. The highest BCUT2D eigenvalue weighted by Crippen LogP contribution is 2.33. The number of alkyl halides is 1. The molecule has 1 unspecified atom stereocenters. The molecule has 1 aromatic carbocycles. The van der Waals surface area contributed by atoms with E-state index in [-0.39, 0.29) is 5.91 Å². The van der Waals surface area contributed by atoms with Crippen LogP contribution in [-0.2, 0) is 4.79 Å². The molecule has 0 fully saturated rings. The predicted octanol–water partition coefficient (Wildman–Crippen LogP) is 2.08. The van der Waals surface area contributed by atoms with Crippen molar-refractivity contribution in [3.63, 3.8) is 0 Å². The average Bonchev–Trinajstić information content (AvgIpc) is 2.30. The Morgan fingerprint density at radius 1 is 1.53 bits per heavy atom. The van der Waals surface area contributed by atoms with Gasteiger partial charge in [0.1, 0.15) is 5.75 Å². The Labute approximate surface area is 106 Å². The molecule has 0 aliphatic carbocycles. The molecule has 0 spiro atoms. The molecule has 17 heavy (non-hydrogen) atoms. The molecule has 0 radical (unpaired) electrons. The molecule has 92 valence electrons. The van der Waals surface area contributed by atoms with Crippen LogP contribution >= 0.6 is 11.6 Å². The van der Waals surface area contributed by atoms with Crippen molar-refractivity contribution in [1.82, 2.24) is 0 Å². The van der Waals surface area contributed by atoms with Crippen molar-refractivity contribution >= 4 is 28.9 Å². The van der Waals surface area contributed by atoms with E-state index < -0.39 is 6.10 Å². The fourth-order valence-corrected chi connectivity index (χ4v) is 1.94. The quantitative estimate of drug-likeness (QED) is 0.840. The molecule has 0 aromatic heterocycles. The topological polar surface area (TPSA) is 41.6 Å². The predicted molar refractivity (Wildman–Crippen MR) is 69.2 cm³/mol. The lowest BCUT2D eigenvalue weighted by Crippen LogP contribution is -2.34. The molecule has 1 aromatic rings. The van der Waals surface area contributed by atoms with E-state index in [2.05, 4.69) is 5.32 Å². The van der Waals surface area contributed by atoms with Crippen LogP contribution in [0.5, 0.6) is 5.75 Å². The summed E-state index contributed by atoms with van der Waals surface area (Å²) in [5.41, 5.74) is 1.72. The molecule has 1 N–H and O–H groups in total. The Morgan fingerprint density at radius 2 is 2.29 bits per heavy atom. The van der Waals surface area contributed by atoms with Crippen LogP contribution in [0.3, 0.4) is 0 Å². The number of benzene rings is 1. The van der Waals surface area contributed by atoms with E-state index in [9.17, 15) is 4.79 Å². The van der Waals surface area contributed by atoms with Crippen LogP contribution in [0.4, 0.5) is 11.4 Å². The van der Waals surface area contributed by atoms with Crippen molar-refractivity contribution < 1.29 is 9.53 Å². The molecule has 0 saturated carbocycles. The van der Waals surface area contributed by atoms with Crippen molar-refractivity contribution in [2.45, 2.75) is 13.0 Å². The van der Waals surface area contributed by atoms with Crippen LogP contribution in [0.15, 0.2) is 18.2 Å². The molecule has 4 nitrogen and oxygen atoms in total. The maximum atomic E-state index is 11.5. The van der Waals surface area contributed by atoms with E-state index in [0.717, 1.165) is 12.2 Å². The van der Waals surface area contributed by atoms with Crippen LogP contribution in [0, 0.1) is 0 Å². The molecule has 2 rings (SSSR count). The Balaban J connectivity index is 2.25. The zero-order valence-electron chi connectivity index (χ0n) is 9.87. The first kappa shape index (κ1) is 12.0. The maximum Gasteiger partial charge on any atom is 0.265 e. The molecule has 1 aliphatic heterocycles. The van der Waals surface area contributed by atoms with Crippen molar-refractivity contribution in [3.05, 3.63) is 18.2 Å². The van der Waals surface area contributed by atoms with E-state index in [0.29, 0.717) is 17.3 Å². The molecule has 0 saturated heterocycles. The van der Waals surface area contributed by atoms with Crippen LogP contribution in [0.2, 0.25) is 0 Å². The number of rotatable bonds is 3. The number of amides is 1. The number of hydrogen-bond donors (Lipinski definition) is 1. The minimum Gasteiger partial charge on any atom is -0.479 e. The summed E-state index contributed by atoms with van der Waals surface area (Å²) < 4.78 is 5.48. The second-order valence-corrected chi connectivity index (χ2v) is 4.42. The second-order valence-electron chi connectivity index (χ2n) is 4.04. The number of fused-ring (bicyclic) bond motifs is 1. The van der Waals surface area contributed by atoms with Crippen LogP contribution < -0.4 is 15.0 Å². The fraction of sp³-hybridized carbons (Fsp3) is 0.417. The summed E-state index contributed by atoms with van der Waals surface area (Å²) in [4.78, 5) is 13.5. The van der Waals surface area contributed by atoms with Crippen LogP contribution in [0.1, 0.15) is 6.92 Å². The van der Waals surface area contributed by atoms with E-state index >= 15 is 0 Å². The third kappa shape index (κ3) is 2.47. The van der Waals surface area contributed by atoms with Crippen LogP contribution in [0.25, 0.3) is 0 Å². The first-order valence-electron chi connectivity index (χ1n) is 5.50. The Morgan fingerprint density at radius 3 is 3.00 bits per heavy atom. The number of anilines is 2. The summed E-state index contributed by atoms with van der Waals surface area (Å²) in [5, 5.41) is 2.82. The summed E-state index contributed by atoms with van der Waals surface area (Å²) in [6, 6.07) is 5.71. The van der Waals surface area contributed by atoms with Gasteiger partial charge in [-0.1, -0.05) is 0 Å². The SMILES string of the molecule is CC1Oc2ccc(N(C)CCCl)cc2NC1=O. The van der Waals surface area contributed by atoms with Gasteiger partial charge in [0, 0.05) is 25.2 Å². The van der Waals surface area contributed by atoms with Gasteiger partial charge in [-0.2, -0.15) is 0 Å². The van der Waals surface area contributed by atoms with E-state index in [1.165, 1.54) is 0 Å². The van der Waals surface area contributed by atoms with Crippen molar-refractivity contribution in [3.8, 4) is 5.75 Å². The van der Waals surface area contributed by atoms with Crippen LogP contribution in [-0.4, -0.2) is 31.5 Å². The van der Waals surface area contributed by atoms with Gasteiger partial charge in [0.25, 0.3) is 5.91 Å². The van der Waals surface area contributed by atoms with E-state index in [1.807, 2.05) is 30.1 Å². The summed E-state index contributed by atoms with van der Waals surface area (Å²) in [6.45, 7) is 2.48. The number of carbonyl (C=O) groups is 1. The number of ether oxygens (including phenoxy) is 1. The van der Waals surface area contributed by atoms with Crippen molar-refractivity contribution in [2.75, 3.05) is 29.7 Å². The number of hydrogen-bond acceptors (Lipinski definition) is 3. The van der Waals surface area contributed by atoms with E-state index in [1.54, 1.807) is 6.92 Å². The van der Waals surface area contributed by atoms with Gasteiger partial charge in [0.05, 0.1) is 5.69 Å². The van der Waals surface area contributed by atoms with Gasteiger partial charge in [-0.3, -0.25) is 4.79 Å². The van der Waals surface area contributed by atoms with Gasteiger partial charge in [-0.05, 0) is 25.1 Å². The van der Waals surface area contributed by atoms with Gasteiger partial charge >= 0.3 is 0 Å². The monoisotopic (exact) mass is 254 g/mol. The lowest BCUT2D eigenvalue weighted by Gasteiger charge is -2.25. The molecule has 0 bridgehead atoms. The zero-order chi connectivity index (χ0) is 12.4. The standard InChI is InChI=1S/C12H15ClN2O2/c1-8-12(16)14-10-7-9(15(2)6-5-13)3-4-11(10)17-8/h3-4,7-8H,5-6H2,1-2H3,(H,14,16). The highest BCUT2D eigenvalue weighted by atomic mass is 35.5. The highest BCUT2D eigenvalue weighted by Gasteiger charge is 2.23. The number of carbonyl (C=O) groups excluding carboxylic acids is 1. The zero-order valence-corrected chi connectivity index (χ0v) is 10.6. The van der Waals surface area contributed by atoms with Crippen molar-refractivity contribution in [2.24, 2.45) is 0 Å². The third-order valence-electron chi connectivity index (χ3n) is 2.75. The van der Waals surface area contributed by atoms with Gasteiger partial charge in [-0.25, -0.2) is 0 Å². The van der Waals surface area contributed by atoms with Crippen molar-refractivity contribution in [1.29, 1.82) is 0 Å². The molecule has 5 heteroatoms. The lowest BCUT2D eigenvalue weighted by molar-refractivity contribution is -0.122. The Bertz CT molecular complexity index is 437. The second kappa shape index (κ2) is 4.84. The van der Waals surface area contributed by atoms with Gasteiger partial charge in [0.15, 0.2) is 6.10 Å². The normalized spacial score (nSPS) is 18.1. The minimum atomic E-state index is -0.436. The summed E-state index contributed by atoms with van der Waals surface area (Å²) in [5.74, 6) is 1.16. The van der Waals surface area contributed by atoms with E-state index in [4.69, 9.17) is 16.3 Å². The molecular weight excluding hydrogens is 240 g/mol. The summed E-state index contributed by atoms with van der Waals surface area (Å²) in [7, 11) is 1.96. The highest BCUT2D eigenvalue weighted by molar-refractivity contribution is 6.18. The Hall–Kier alpha value is -1.42. The largest absolute Gasteiger partial charge is 0.479 e. The summed E-state index contributed by atoms with van der Waals surface area (Å²) in [6.07, 6.45) is -0.436. The Kier molecular flexibility index (Phi) is 3.43. The molecule has 1 aliphatic rings. The summed E-state index contributed by atoms with van der Waals surface area (Å²) >= 11 is 5.70. The average molecular weight is 255 g/mol. The molecule has 1 amide bonds. The lowest BCUT2D eigenvalue weighted by atomic mass is 10.2. The molecular formula is C12H15ClN2O2. The molecule has 1 heterocycles. The fourth-order valence-electron chi connectivity index (χ4n) is 1.69. The number of nitrogens with one attached hydrogen (secondary N) is 1. The molecule has 1 atom stereocenters. The van der Waals surface area contributed by atoms with Gasteiger partial charge < -0.3 is 15.0 Å². The number of nitrogens with zero attached hydrogens (tertiary/aromatic N) is 1. The van der Waals surface area contributed by atoms with Gasteiger partial charge in [0.2, 0.25) is 0 Å². The smallest absolute Gasteiger partial charge is 0.265 e. The van der Waals surface area contributed by atoms with Gasteiger partial charge in [-0.15, -0.1) is 11.6 Å². The third-order valence-corrected chi connectivity index (χ3v) is 2.92. The first-order valence-corrected chi connectivity index (χ1v) is 6.04.